The molecule has 106 valence electrons. The maximum absolute atomic E-state index is 11.5. The fraction of sp³-hybridized carbons (Fsp3) is 0.857. The third-order valence-corrected chi connectivity index (χ3v) is 2.67. The first-order chi connectivity index (χ1) is 8.49. The minimum atomic E-state index is -0.226. The van der Waals surface area contributed by atoms with E-state index in [-0.39, 0.29) is 17.9 Å². The zero-order valence-electron chi connectivity index (χ0n) is 12.0. The summed E-state index contributed by atoms with van der Waals surface area (Å²) in [5.74, 6) is 0.147. The number of esters is 2. The molecule has 0 aliphatic heterocycles. The highest BCUT2D eigenvalue weighted by Crippen LogP contribution is 2.20. The van der Waals surface area contributed by atoms with Gasteiger partial charge in [-0.25, -0.2) is 0 Å². The molecule has 0 heterocycles. The molecule has 0 fully saturated rings. The van der Waals surface area contributed by atoms with Gasteiger partial charge in [-0.1, -0.05) is 20.3 Å². The van der Waals surface area contributed by atoms with Crippen LogP contribution in [0.25, 0.3) is 0 Å². The highest BCUT2D eigenvalue weighted by atomic mass is 16.5. The van der Waals surface area contributed by atoms with E-state index in [0.717, 1.165) is 12.8 Å². The van der Waals surface area contributed by atoms with Gasteiger partial charge in [0.05, 0.1) is 13.2 Å². The molecule has 0 aromatic carbocycles. The summed E-state index contributed by atoms with van der Waals surface area (Å²) in [6.45, 7) is 8.60. The Labute approximate surface area is 110 Å². The maximum Gasteiger partial charge on any atom is 0.306 e. The van der Waals surface area contributed by atoms with Gasteiger partial charge in [0.15, 0.2) is 0 Å². The van der Waals surface area contributed by atoms with Gasteiger partial charge < -0.3 is 9.47 Å². The van der Waals surface area contributed by atoms with Gasteiger partial charge in [-0.05, 0) is 32.1 Å². The zero-order chi connectivity index (χ0) is 14.0. The molecule has 0 amide bonds. The zero-order valence-corrected chi connectivity index (χ0v) is 12.0. The highest BCUT2D eigenvalue weighted by Gasteiger charge is 2.19. The van der Waals surface area contributed by atoms with Gasteiger partial charge in [0.1, 0.15) is 0 Å². The highest BCUT2D eigenvalue weighted by molar-refractivity contribution is 5.73. The van der Waals surface area contributed by atoms with Crippen LogP contribution in [0.15, 0.2) is 0 Å². The summed E-state index contributed by atoms with van der Waals surface area (Å²) in [7, 11) is 0. The van der Waals surface area contributed by atoms with E-state index < -0.39 is 0 Å². The van der Waals surface area contributed by atoms with Crippen LogP contribution in [0.1, 0.15) is 53.4 Å². The number of carbonyl (C=O) groups excluding carboxylic acids is 2. The molecule has 0 rings (SSSR count). The molecule has 0 unspecified atom stereocenters. The van der Waals surface area contributed by atoms with E-state index in [0.29, 0.717) is 32.0 Å². The largest absolute Gasteiger partial charge is 0.466 e. The molecule has 0 atom stereocenters. The Kier molecular flexibility index (Phi) is 9.33. The van der Waals surface area contributed by atoms with Crippen LogP contribution in [0.3, 0.4) is 0 Å². The van der Waals surface area contributed by atoms with Gasteiger partial charge in [0.25, 0.3) is 0 Å². The molecule has 18 heavy (non-hydrogen) atoms. The standard InChI is InChI=1S/C14H26O4/c1-5-17-13(15)9-12(8-7-11(3)4)10-14(16)18-6-2/h11-12H,5-10H2,1-4H3. The van der Waals surface area contributed by atoms with Gasteiger partial charge in [-0.15, -0.1) is 0 Å². The van der Waals surface area contributed by atoms with E-state index in [1.807, 2.05) is 0 Å². The number of carbonyl (C=O) groups is 2. The van der Waals surface area contributed by atoms with E-state index >= 15 is 0 Å². The minimum absolute atomic E-state index is 0.0329. The Morgan fingerprint density at radius 1 is 0.889 bits per heavy atom. The summed E-state index contributed by atoms with van der Waals surface area (Å²) in [5, 5.41) is 0. The van der Waals surface area contributed by atoms with Crippen LogP contribution in [0.5, 0.6) is 0 Å². The molecule has 0 spiro atoms. The average Bonchev–Trinajstić information content (AvgIpc) is 2.26. The Hall–Kier alpha value is -1.06. The molecule has 0 saturated carbocycles. The first kappa shape index (κ1) is 16.9. The van der Waals surface area contributed by atoms with Crippen LogP contribution in [-0.4, -0.2) is 25.2 Å². The number of hydrogen-bond acceptors (Lipinski definition) is 4. The fourth-order valence-corrected chi connectivity index (χ4v) is 1.76. The number of ether oxygens (including phenoxy) is 2. The summed E-state index contributed by atoms with van der Waals surface area (Å²) in [6.07, 6.45) is 2.47. The van der Waals surface area contributed by atoms with Gasteiger partial charge in [0, 0.05) is 12.8 Å². The summed E-state index contributed by atoms with van der Waals surface area (Å²) in [4.78, 5) is 22.9. The lowest BCUT2D eigenvalue weighted by Gasteiger charge is -2.16. The lowest BCUT2D eigenvalue weighted by Crippen LogP contribution is -2.17. The van der Waals surface area contributed by atoms with Crippen LogP contribution in [0.2, 0.25) is 0 Å². The average molecular weight is 258 g/mol. The quantitative estimate of drug-likeness (QED) is 0.597. The predicted molar refractivity (Wildman–Crippen MR) is 70.1 cm³/mol. The molecule has 0 radical (unpaired) electrons. The SMILES string of the molecule is CCOC(=O)CC(CCC(C)C)CC(=O)OCC. The van der Waals surface area contributed by atoms with Crippen molar-refractivity contribution < 1.29 is 19.1 Å². The predicted octanol–water partition coefficient (Wildman–Crippen LogP) is 2.95. The lowest BCUT2D eigenvalue weighted by atomic mass is 9.92. The maximum atomic E-state index is 11.5. The van der Waals surface area contributed by atoms with Crippen LogP contribution in [0.4, 0.5) is 0 Å². The fourth-order valence-electron chi connectivity index (χ4n) is 1.76. The van der Waals surface area contributed by atoms with Crippen LogP contribution in [-0.2, 0) is 19.1 Å². The summed E-state index contributed by atoms with van der Waals surface area (Å²) >= 11 is 0. The Morgan fingerprint density at radius 2 is 1.33 bits per heavy atom. The van der Waals surface area contributed by atoms with E-state index in [9.17, 15) is 9.59 Å². The third kappa shape index (κ3) is 9.02. The first-order valence-corrected chi connectivity index (χ1v) is 6.80. The van der Waals surface area contributed by atoms with Crippen LogP contribution >= 0.6 is 0 Å². The van der Waals surface area contributed by atoms with Gasteiger partial charge in [0.2, 0.25) is 0 Å². The van der Waals surface area contributed by atoms with Crippen molar-refractivity contribution in [2.75, 3.05) is 13.2 Å². The first-order valence-electron chi connectivity index (χ1n) is 6.80. The molecule has 0 aliphatic rings. The normalized spacial score (nSPS) is 10.8. The van der Waals surface area contributed by atoms with E-state index in [4.69, 9.17) is 9.47 Å². The van der Waals surface area contributed by atoms with Gasteiger partial charge in [-0.3, -0.25) is 9.59 Å². The van der Waals surface area contributed by atoms with Crippen molar-refractivity contribution in [1.82, 2.24) is 0 Å². The van der Waals surface area contributed by atoms with Crippen LogP contribution in [0, 0.1) is 11.8 Å². The Bertz CT molecular complexity index is 228. The molecule has 4 heteroatoms. The number of hydrogen-bond donors (Lipinski definition) is 0. The number of rotatable bonds is 9. The second kappa shape index (κ2) is 9.92. The van der Waals surface area contributed by atoms with E-state index in [2.05, 4.69) is 13.8 Å². The van der Waals surface area contributed by atoms with Gasteiger partial charge >= 0.3 is 11.9 Å². The summed E-state index contributed by atoms with van der Waals surface area (Å²) in [6, 6.07) is 0. The minimum Gasteiger partial charge on any atom is -0.466 e. The molecular weight excluding hydrogens is 232 g/mol. The van der Waals surface area contributed by atoms with Crippen molar-refractivity contribution in [2.45, 2.75) is 53.4 Å². The monoisotopic (exact) mass is 258 g/mol. The van der Waals surface area contributed by atoms with Crippen molar-refractivity contribution in [3.8, 4) is 0 Å². The lowest BCUT2D eigenvalue weighted by molar-refractivity contribution is -0.147. The molecule has 0 aromatic heterocycles. The van der Waals surface area contributed by atoms with Crippen LogP contribution < -0.4 is 0 Å². The molecule has 0 bridgehead atoms. The summed E-state index contributed by atoms with van der Waals surface area (Å²) < 4.78 is 9.86. The smallest absolute Gasteiger partial charge is 0.306 e. The Balaban J connectivity index is 4.23. The van der Waals surface area contributed by atoms with Crippen molar-refractivity contribution in [2.24, 2.45) is 11.8 Å². The van der Waals surface area contributed by atoms with Crippen molar-refractivity contribution in [3.05, 3.63) is 0 Å². The van der Waals surface area contributed by atoms with Crippen molar-refractivity contribution >= 4 is 11.9 Å². The second-order valence-corrected chi connectivity index (χ2v) is 4.86. The molecule has 0 aliphatic carbocycles. The van der Waals surface area contributed by atoms with Gasteiger partial charge in [-0.2, -0.15) is 0 Å². The third-order valence-electron chi connectivity index (χ3n) is 2.67. The summed E-state index contributed by atoms with van der Waals surface area (Å²) in [5.41, 5.74) is 0. The molecular formula is C14H26O4. The molecule has 0 saturated heterocycles. The molecule has 0 N–H and O–H groups in total. The molecule has 0 aromatic rings. The van der Waals surface area contributed by atoms with E-state index in [1.165, 1.54) is 0 Å². The topological polar surface area (TPSA) is 52.6 Å². The second-order valence-electron chi connectivity index (χ2n) is 4.86. The molecule has 4 nitrogen and oxygen atoms in total. The van der Waals surface area contributed by atoms with Crippen molar-refractivity contribution in [1.29, 1.82) is 0 Å². The van der Waals surface area contributed by atoms with Crippen molar-refractivity contribution in [3.63, 3.8) is 0 Å². The Morgan fingerprint density at radius 3 is 1.67 bits per heavy atom. The van der Waals surface area contributed by atoms with E-state index in [1.54, 1.807) is 13.8 Å².